The molecule has 4 heteroatoms. The van der Waals surface area contributed by atoms with Crippen LogP contribution in [0.25, 0.3) is 0 Å². The molecule has 0 spiro atoms. The fourth-order valence-electron chi connectivity index (χ4n) is 2.79. The van der Waals surface area contributed by atoms with Gasteiger partial charge in [-0.1, -0.05) is 50.2 Å². The summed E-state index contributed by atoms with van der Waals surface area (Å²) in [6.45, 7) is 5.77. The molecule has 1 fully saturated rings. The second-order valence-corrected chi connectivity index (χ2v) is 5.39. The maximum atomic E-state index is 12.2. The van der Waals surface area contributed by atoms with Gasteiger partial charge in [0.1, 0.15) is 5.69 Å². The van der Waals surface area contributed by atoms with Crippen LogP contribution >= 0.6 is 0 Å². The van der Waals surface area contributed by atoms with Crippen molar-refractivity contribution < 1.29 is 4.79 Å². The van der Waals surface area contributed by atoms with Gasteiger partial charge in [-0.2, -0.15) is 0 Å². The average Bonchev–Trinajstić information content (AvgIpc) is 2.65. The van der Waals surface area contributed by atoms with Gasteiger partial charge in [0.25, 0.3) is 5.91 Å². The summed E-state index contributed by atoms with van der Waals surface area (Å²) in [6.07, 6.45) is 2.59. The third-order valence-corrected chi connectivity index (χ3v) is 3.85. The Morgan fingerprint density at radius 3 is 2.52 bits per heavy atom. The van der Waals surface area contributed by atoms with Crippen LogP contribution < -0.4 is 10.6 Å². The summed E-state index contributed by atoms with van der Waals surface area (Å²) >= 11 is 0. The number of pyridine rings is 1. The summed E-state index contributed by atoms with van der Waals surface area (Å²) in [7, 11) is 0. The molecule has 1 saturated heterocycles. The van der Waals surface area contributed by atoms with Crippen molar-refractivity contribution in [2.24, 2.45) is 0 Å². The number of benzene rings is 1. The molecule has 0 saturated carbocycles. The van der Waals surface area contributed by atoms with E-state index in [9.17, 15) is 4.79 Å². The Kier molecular flexibility index (Phi) is 6.76. The topological polar surface area (TPSA) is 54.0 Å². The predicted molar refractivity (Wildman–Crippen MR) is 93.5 cm³/mol. The Morgan fingerprint density at radius 1 is 1.09 bits per heavy atom. The molecule has 0 bridgehead atoms. The fourth-order valence-corrected chi connectivity index (χ4v) is 2.79. The molecular weight excluding hydrogens is 286 g/mol. The quantitative estimate of drug-likeness (QED) is 0.916. The van der Waals surface area contributed by atoms with Crippen LogP contribution in [0, 0.1) is 0 Å². The first-order chi connectivity index (χ1) is 11.3. The highest BCUT2D eigenvalue weighted by atomic mass is 16.1. The van der Waals surface area contributed by atoms with Gasteiger partial charge >= 0.3 is 0 Å². The standard InChI is InChI=1S/C17H19N3O.C2H6/c21-17(16-8-4-5-9-19-16)20-15-10-14(11-18-12-15)13-6-2-1-3-7-13;1-2/h1-9,14-15,18H,10-12H2,(H,20,21);1-2H3/t14-,15+;/m0./s1. The molecule has 122 valence electrons. The highest BCUT2D eigenvalue weighted by Gasteiger charge is 2.24. The zero-order valence-corrected chi connectivity index (χ0v) is 13.8. The first-order valence-electron chi connectivity index (χ1n) is 8.30. The Balaban J connectivity index is 0.000000924. The number of hydrogen-bond donors (Lipinski definition) is 2. The van der Waals surface area contributed by atoms with Crippen molar-refractivity contribution in [1.29, 1.82) is 0 Å². The Bertz CT molecular complexity index is 586. The summed E-state index contributed by atoms with van der Waals surface area (Å²) in [6, 6.07) is 16.0. The summed E-state index contributed by atoms with van der Waals surface area (Å²) in [4.78, 5) is 16.2. The summed E-state index contributed by atoms with van der Waals surface area (Å²) in [5.41, 5.74) is 1.79. The molecular formula is C19H25N3O. The number of nitrogens with zero attached hydrogens (tertiary/aromatic N) is 1. The molecule has 1 aliphatic rings. The van der Waals surface area contributed by atoms with E-state index in [-0.39, 0.29) is 11.9 Å². The second-order valence-electron chi connectivity index (χ2n) is 5.39. The number of carbonyl (C=O) groups excluding carboxylic acids is 1. The molecule has 23 heavy (non-hydrogen) atoms. The van der Waals surface area contributed by atoms with Gasteiger partial charge in [-0.25, -0.2) is 0 Å². The maximum Gasteiger partial charge on any atom is 0.270 e. The minimum absolute atomic E-state index is 0.101. The van der Waals surface area contributed by atoms with Crippen LogP contribution in [-0.2, 0) is 0 Å². The maximum absolute atomic E-state index is 12.2. The molecule has 2 atom stereocenters. The van der Waals surface area contributed by atoms with Crippen molar-refractivity contribution in [2.75, 3.05) is 13.1 Å². The number of hydrogen-bond acceptors (Lipinski definition) is 3. The van der Waals surface area contributed by atoms with E-state index in [0.717, 1.165) is 19.5 Å². The van der Waals surface area contributed by atoms with E-state index in [1.807, 2.05) is 32.0 Å². The number of nitrogens with one attached hydrogen (secondary N) is 2. The smallest absolute Gasteiger partial charge is 0.270 e. The van der Waals surface area contributed by atoms with Crippen LogP contribution in [0.3, 0.4) is 0 Å². The molecule has 2 aromatic rings. The minimum atomic E-state index is -0.101. The number of amides is 1. The summed E-state index contributed by atoms with van der Waals surface area (Å²) in [5, 5.41) is 6.48. The lowest BCUT2D eigenvalue weighted by Gasteiger charge is -2.30. The van der Waals surface area contributed by atoms with E-state index >= 15 is 0 Å². The van der Waals surface area contributed by atoms with E-state index < -0.39 is 0 Å². The van der Waals surface area contributed by atoms with Gasteiger partial charge < -0.3 is 10.6 Å². The van der Waals surface area contributed by atoms with E-state index in [2.05, 4.69) is 39.9 Å². The van der Waals surface area contributed by atoms with Crippen LogP contribution in [0.2, 0.25) is 0 Å². The molecule has 0 unspecified atom stereocenters. The lowest BCUT2D eigenvalue weighted by molar-refractivity contribution is 0.0923. The molecule has 1 aromatic carbocycles. The molecule has 1 amide bonds. The third kappa shape index (κ3) is 4.89. The second kappa shape index (κ2) is 9.06. The Labute approximate surface area is 138 Å². The number of piperidine rings is 1. The average molecular weight is 311 g/mol. The predicted octanol–water partition coefficient (Wildman–Crippen LogP) is 2.98. The number of rotatable bonds is 3. The van der Waals surface area contributed by atoms with Crippen molar-refractivity contribution in [3.05, 3.63) is 66.0 Å². The normalized spacial score (nSPS) is 20.1. The van der Waals surface area contributed by atoms with Crippen LogP contribution in [0.4, 0.5) is 0 Å². The molecule has 2 N–H and O–H groups in total. The van der Waals surface area contributed by atoms with Crippen LogP contribution in [0.5, 0.6) is 0 Å². The van der Waals surface area contributed by atoms with Crippen molar-refractivity contribution in [2.45, 2.75) is 32.2 Å². The van der Waals surface area contributed by atoms with Gasteiger partial charge in [-0.3, -0.25) is 9.78 Å². The van der Waals surface area contributed by atoms with Gasteiger partial charge in [0.15, 0.2) is 0 Å². The van der Waals surface area contributed by atoms with Crippen LogP contribution in [-0.4, -0.2) is 30.0 Å². The monoisotopic (exact) mass is 311 g/mol. The Morgan fingerprint density at radius 2 is 1.83 bits per heavy atom. The zero-order chi connectivity index (χ0) is 16.5. The molecule has 1 aliphatic heterocycles. The first kappa shape index (κ1) is 17.2. The van der Waals surface area contributed by atoms with E-state index in [1.165, 1.54) is 5.56 Å². The number of carbonyl (C=O) groups is 1. The molecule has 1 aromatic heterocycles. The SMILES string of the molecule is CC.O=C(N[C@H]1CNC[C@@H](c2ccccc2)C1)c1ccccn1. The van der Waals surface area contributed by atoms with Gasteiger partial charge in [0.2, 0.25) is 0 Å². The molecule has 0 aliphatic carbocycles. The Hall–Kier alpha value is -2.20. The van der Waals surface area contributed by atoms with Crippen molar-refractivity contribution in [3.63, 3.8) is 0 Å². The van der Waals surface area contributed by atoms with Crippen molar-refractivity contribution >= 4 is 5.91 Å². The van der Waals surface area contributed by atoms with Crippen LogP contribution in [0.15, 0.2) is 54.7 Å². The lowest BCUT2D eigenvalue weighted by atomic mass is 9.89. The highest BCUT2D eigenvalue weighted by molar-refractivity contribution is 5.92. The molecule has 4 nitrogen and oxygen atoms in total. The van der Waals surface area contributed by atoms with Gasteiger partial charge in [0.05, 0.1) is 0 Å². The summed E-state index contributed by atoms with van der Waals surface area (Å²) < 4.78 is 0. The van der Waals surface area contributed by atoms with Crippen molar-refractivity contribution in [3.8, 4) is 0 Å². The lowest BCUT2D eigenvalue weighted by Crippen LogP contribution is -2.48. The highest BCUT2D eigenvalue weighted by Crippen LogP contribution is 2.23. The van der Waals surface area contributed by atoms with E-state index in [0.29, 0.717) is 11.6 Å². The minimum Gasteiger partial charge on any atom is -0.347 e. The molecule has 0 radical (unpaired) electrons. The van der Waals surface area contributed by atoms with Gasteiger partial charge in [0, 0.05) is 25.3 Å². The van der Waals surface area contributed by atoms with Gasteiger partial charge in [-0.05, 0) is 30.0 Å². The van der Waals surface area contributed by atoms with Crippen molar-refractivity contribution in [1.82, 2.24) is 15.6 Å². The van der Waals surface area contributed by atoms with E-state index in [1.54, 1.807) is 12.3 Å². The van der Waals surface area contributed by atoms with Crippen LogP contribution in [0.1, 0.15) is 42.2 Å². The molecule has 3 rings (SSSR count). The largest absolute Gasteiger partial charge is 0.347 e. The fraction of sp³-hybridized carbons (Fsp3) is 0.368. The number of aromatic nitrogens is 1. The van der Waals surface area contributed by atoms with E-state index in [4.69, 9.17) is 0 Å². The third-order valence-electron chi connectivity index (χ3n) is 3.85. The van der Waals surface area contributed by atoms with Gasteiger partial charge in [-0.15, -0.1) is 0 Å². The summed E-state index contributed by atoms with van der Waals surface area (Å²) in [5.74, 6) is 0.338. The zero-order valence-electron chi connectivity index (χ0n) is 13.8. The first-order valence-corrected chi connectivity index (χ1v) is 8.30. The molecule has 2 heterocycles.